The van der Waals surface area contributed by atoms with Gasteiger partial charge >= 0.3 is 0 Å². The predicted molar refractivity (Wildman–Crippen MR) is 138 cm³/mol. The molecule has 0 unspecified atom stereocenters. The van der Waals surface area contributed by atoms with Gasteiger partial charge in [-0.05, 0) is 55.0 Å². The van der Waals surface area contributed by atoms with Crippen molar-refractivity contribution < 1.29 is 9.59 Å². The van der Waals surface area contributed by atoms with Crippen LogP contribution in [0.1, 0.15) is 55.8 Å². The number of primary amides is 1. The Bertz CT molecular complexity index is 1080. The van der Waals surface area contributed by atoms with E-state index in [4.69, 9.17) is 17.3 Å². The Kier molecular flexibility index (Phi) is 9.97. The van der Waals surface area contributed by atoms with Crippen molar-refractivity contribution in [2.45, 2.75) is 57.1 Å². The highest BCUT2D eigenvalue weighted by Crippen LogP contribution is 2.26. The van der Waals surface area contributed by atoms with Crippen LogP contribution in [0.3, 0.4) is 0 Å². The van der Waals surface area contributed by atoms with Crippen LogP contribution in [0, 0.1) is 0 Å². The number of carbonyl (C=O) groups is 2. The summed E-state index contributed by atoms with van der Waals surface area (Å²) >= 11 is 7.40. The van der Waals surface area contributed by atoms with E-state index in [0.29, 0.717) is 21.4 Å². The molecule has 0 saturated heterocycles. The molecule has 3 rings (SSSR count). The third-order valence-electron chi connectivity index (χ3n) is 5.34. The van der Waals surface area contributed by atoms with Gasteiger partial charge in [-0.1, -0.05) is 62.4 Å². The first-order chi connectivity index (χ1) is 16.5. The zero-order chi connectivity index (χ0) is 24.3. The van der Waals surface area contributed by atoms with E-state index >= 15 is 0 Å². The second-order valence-corrected chi connectivity index (χ2v) is 9.39. The number of hydrogen-bond donors (Lipinski definition) is 2. The van der Waals surface area contributed by atoms with Crippen LogP contribution in [0.5, 0.6) is 0 Å². The second kappa shape index (κ2) is 13.2. The lowest BCUT2D eigenvalue weighted by atomic mass is 10.1. The van der Waals surface area contributed by atoms with Gasteiger partial charge in [0.2, 0.25) is 11.8 Å². The standard InChI is InChI=1S/C25H30ClN5O2S/c1-2-3-4-5-6-7-16-31-24(19-8-12-20(26)13-9-19)29-30-25(31)34-17-22(32)28-21-14-10-18(11-15-21)23(27)33/h8-15H,2-7,16-17H2,1H3,(H2,27,33)(H,28,32). The average molecular weight is 500 g/mol. The number of aromatic nitrogens is 3. The van der Waals surface area contributed by atoms with E-state index in [1.165, 1.54) is 37.4 Å². The molecule has 2 amide bonds. The van der Waals surface area contributed by atoms with Crippen molar-refractivity contribution in [2.24, 2.45) is 5.73 Å². The van der Waals surface area contributed by atoms with Crippen molar-refractivity contribution >= 4 is 40.9 Å². The Balaban J connectivity index is 1.65. The van der Waals surface area contributed by atoms with Crippen LogP contribution < -0.4 is 11.1 Å². The van der Waals surface area contributed by atoms with Crippen LogP contribution in [-0.4, -0.2) is 32.3 Å². The Hall–Kier alpha value is -2.84. The molecule has 9 heteroatoms. The molecule has 0 bridgehead atoms. The van der Waals surface area contributed by atoms with E-state index in [2.05, 4.69) is 27.0 Å². The molecular formula is C25H30ClN5O2S. The monoisotopic (exact) mass is 499 g/mol. The summed E-state index contributed by atoms with van der Waals surface area (Å²) in [7, 11) is 0. The number of hydrogen-bond acceptors (Lipinski definition) is 5. The van der Waals surface area contributed by atoms with E-state index in [0.717, 1.165) is 30.8 Å². The van der Waals surface area contributed by atoms with Crippen molar-refractivity contribution in [3.05, 3.63) is 59.1 Å². The van der Waals surface area contributed by atoms with Crippen molar-refractivity contribution in [2.75, 3.05) is 11.1 Å². The number of halogens is 1. The lowest BCUT2D eigenvalue weighted by Gasteiger charge is -2.11. The summed E-state index contributed by atoms with van der Waals surface area (Å²) in [6, 6.07) is 14.0. The van der Waals surface area contributed by atoms with Crippen molar-refractivity contribution in [1.29, 1.82) is 0 Å². The van der Waals surface area contributed by atoms with Crippen LogP contribution in [-0.2, 0) is 11.3 Å². The van der Waals surface area contributed by atoms with Crippen molar-refractivity contribution in [3.8, 4) is 11.4 Å². The minimum Gasteiger partial charge on any atom is -0.366 e. The number of unbranched alkanes of at least 4 members (excludes halogenated alkanes) is 5. The number of nitrogens with one attached hydrogen (secondary N) is 1. The number of nitrogens with two attached hydrogens (primary N) is 1. The predicted octanol–water partition coefficient (Wildman–Crippen LogP) is 5.79. The summed E-state index contributed by atoms with van der Waals surface area (Å²) in [5.41, 5.74) is 7.19. The summed E-state index contributed by atoms with van der Waals surface area (Å²) in [6.07, 6.45) is 7.13. The molecule has 0 saturated carbocycles. The Morgan fingerprint density at radius 3 is 2.32 bits per heavy atom. The molecule has 0 aliphatic rings. The summed E-state index contributed by atoms with van der Waals surface area (Å²) in [5.74, 6) is 0.288. The number of carbonyl (C=O) groups excluding carboxylic acids is 2. The SMILES string of the molecule is CCCCCCCCn1c(SCC(=O)Nc2ccc(C(N)=O)cc2)nnc1-c1ccc(Cl)cc1. The molecular weight excluding hydrogens is 470 g/mol. The van der Waals surface area contributed by atoms with Gasteiger partial charge in [0.15, 0.2) is 11.0 Å². The fourth-order valence-corrected chi connectivity index (χ4v) is 4.40. The van der Waals surface area contributed by atoms with Gasteiger partial charge in [-0.25, -0.2) is 0 Å². The lowest BCUT2D eigenvalue weighted by molar-refractivity contribution is -0.113. The van der Waals surface area contributed by atoms with E-state index in [-0.39, 0.29) is 11.7 Å². The number of anilines is 1. The largest absolute Gasteiger partial charge is 0.366 e. The molecule has 0 atom stereocenters. The number of rotatable bonds is 13. The van der Waals surface area contributed by atoms with Gasteiger partial charge in [0, 0.05) is 28.4 Å². The van der Waals surface area contributed by atoms with Gasteiger partial charge in [-0.2, -0.15) is 0 Å². The molecule has 3 N–H and O–H groups in total. The third kappa shape index (κ3) is 7.60. The van der Waals surface area contributed by atoms with Gasteiger partial charge in [0.25, 0.3) is 0 Å². The molecule has 34 heavy (non-hydrogen) atoms. The van der Waals surface area contributed by atoms with Crippen molar-refractivity contribution in [3.63, 3.8) is 0 Å². The Morgan fingerprint density at radius 1 is 0.971 bits per heavy atom. The Labute approximate surface area is 209 Å². The molecule has 7 nitrogen and oxygen atoms in total. The topological polar surface area (TPSA) is 103 Å². The molecule has 1 heterocycles. The van der Waals surface area contributed by atoms with Gasteiger partial charge < -0.3 is 15.6 Å². The molecule has 180 valence electrons. The maximum Gasteiger partial charge on any atom is 0.248 e. The zero-order valence-electron chi connectivity index (χ0n) is 19.3. The first-order valence-corrected chi connectivity index (χ1v) is 12.9. The second-order valence-electron chi connectivity index (χ2n) is 8.01. The van der Waals surface area contributed by atoms with Crippen LogP contribution in [0.2, 0.25) is 5.02 Å². The minimum absolute atomic E-state index is 0.168. The maximum atomic E-state index is 12.5. The molecule has 2 aromatic carbocycles. The normalized spacial score (nSPS) is 10.9. The van der Waals surface area contributed by atoms with E-state index in [9.17, 15) is 9.59 Å². The summed E-state index contributed by atoms with van der Waals surface area (Å²) in [4.78, 5) is 23.7. The number of amides is 2. The highest BCUT2D eigenvalue weighted by molar-refractivity contribution is 7.99. The molecule has 0 spiro atoms. The molecule has 3 aromatic rings. The van der Waals surface area contributed by atoms with Gasteiger partial charge in [-0.3, -0.25) is 9.59 Å². The first-order valence-electron chi connectivity index (χ1n) is 11.5. The first kappa shape index (κ1) is 25.8. The third-order valence-corrected chi connectivity index (χ3v) is 6.56. The van der Waals surface area contributed by atoms with Crippen LogP contribution >= 0.6 is 23.4 Å². The van der Waals surface area contributed by atoms with Crippen molar-refractivity contribution in [1.82, 2.24) is 14.8 Å². The molecule has 1 aromatic heterocycles. The van der Waals surface area contributed by atoms with E-state index < -0.39 is 5.91 Å². The maximum absolute atomic E-state index is 12.5. The highest BCUT2D eigenvalue weighted by atomic mass is 35.5. The fourth-order valence-electron chi connectivity index (χ4n) is 3.50. The molecule has 0 aliphatic carbocycles. The molecule has 0 radical (unpaired) electrons. The molecule has 0 aliphatic heterocycles. The number of benzene rings is 2. The van der Waals surface area contributed by atoms with Gasteiger partial charge in [-0.15, -0.1) is 10.2 Å². The van der Waals surface area contributed by atoms with Gasteiger partial charge in [0.1, 0.15) is 0 Å². The average Bonchev–Trinajstić information content (AvgIpc) is 3.23. The van der Waals surface area contributed by atoms with Crippen LogP contribution in [0.25, 0.3) is 11.4 Å². The van der Waals surface area contributed by atoms with E-state index in [1.54, 1.807) is 24.3 Å². The highest BCUT2D eigenvalue weighted by Gasteiger charge is 2.16. The number of nitrogens with zero attached hydrogens (tertiary/aromatic N) is 3. The van der Waals surface area contributed by atoms with Crippen LogP contribution in [0.4, 0.5) is 5.69 Å². The summed E-state index contributed by atoms with van der Waals surface area (Å²) in [6.45, 7) is 3.00. The summed E-state index contributed by atoms with van der Waals surface area (Å²) in [5, 5.41) is 13.0. The van der Waals surface area contributed by atoms with Gasteiger partial charge in [0.05, 0.1) is 5.75 Å². The smallest absolute Gasteiger partial charge is 0.248 e. The number of thioether (sulfide) groups is 1. The quantitative estimate of drug-likeness (QED) is 0.229. The lowest BCUT2D eigenvalue weighted by Crippen LogP contribution is -2.15. The fraction of sp³-hybridized carbons (Fsp3) is 0.360. The Morgan fingerprint density at radius 2 is 1.65 bits per heavy atom. The minimum atomic E-state index is -0.505. The molecule has 0 fully saturated rings. The van der Waals surface area contributed by atoms with Crippen LogP contribution in [0.15, 0.2) is 53.7 Å². The summed E-state index contributed by atoms with van der Waals surface area (Å²) < 4.78 is 2.09. The zero-order valence-corrected chi connectivity index (χ0v) is 20.9. The van der Waals surface area contributed by atoms with E-state index in [1.807, 2.05) is 24.3 Å².